The Morgan fingerprint density at radius 3 is 2.72 bits per heavy atom. The summed E-state index contributed by atoms with van der Waals surface area (Å²) in [6.45, 7) is 2.50. The molecule has 2 N–H and O–H groups in total. The molecular formula is C14H26N2O2. The molecule has 4 nitrogen and oxygen atoms in total. The molecule has 0 aromatic heterocycles. The van der Waals surface area contributed by atoms with Crippen LogP contribution in [0.4, 0.5) is 0 Å². The van der Waals surface area contributed by atoms with Crippen molar-refractivity contribution in [1.29, 1.82) is 0 Å². The Labute approximate surface area is 110 Å². The minimum Gasteiger partial charge on any atom is -0.378 e. The van der Waals surface area contributed by atoms with Gasteiger partial charge in [0, 0.05) is 13.2 Å². The van der Waals surface area contributed by atoms with Crippen LogP contribution in [-0.2, 0) is 9.53 Å². The van der Waals surface area contributed by atoms with E-state index in [0.29, 0.717) is 6.10 Å². The van der Waals surface area contributed by atoms with Crippen molar-refractivity contribution in [1.82, 2.24) is 10.6 Å². The van der Waals surface area contributed by atoms with Crippen molar-refractivity contribution in [3.63, 3.8) is 0 Å². The zero-order chi connectivity index (χ0) is 12.6. The van der Waals surface area contributed by atoms with Crippen LogP contribution in [0.2, 0.25) is 0 Å². The van der Waals surface area contributed by atoms with Crippen molar-refractivity contribution >= 4 is 5.91 Å². The molecule has 0 bridgehead atoms. The molecule has 1 heterocycles. The molecule has 0 radical (unpaired) electrons. The second kappa shape index (κ2) is 7.74. The maximum Gasteiger partial charge on any atom is 0.237 e. The summed E-state index contributed by atoms with van der Waals surface area (Å²) >= 11 is 0. The summed E-state index contributed by atoms with van der Waals surface area (Å²) in [5.74, 6) is 0.158. The van der Waals surface area contributed by atoms with Gasteiger partial charge in [0.1, 0.15) is 0 Å². The van der Waals surface area contributed by atoms with E-state index in [0.717, 1.165) is 39.0 Å². The van der Waals surface area contributed by atoms with E-state index in [1.54, 1.807) is 0 Å². The lowest BCUT2D eigenvalue weighted by molar-refractivity contribution is -0.122. The van der Waals surface area contributed by atoms with Crippen LogP contribution in [-0.4, -0.2) is 37.7 Å². The van der Waals surface area contributed by atoms with Gasteiger partial charge in [-0.1, -0.05) is 19.3 Å². The summed E-state index contributed by atoms with van der Waals surface area (Å²) in [7, 11) is 0. The van der Waals surface area contributed by atoms with Crippen molar-refractivity contribution in [2.24, 2.45) is 0 Å². The van der Waals surface area contributed by atoms with E-state index in [1.165, 1.54) is 32.1 Å². The molecule has 1 saturated carbocycles. The van der Waals surface area contributed by atoms with Crippen LogP contribution in [0, 0.1) is 0 Å². The van der Waals surface area contributed by atoms with Crippen molar-refractivity contribution in [2.75, 3.05) is 19.7 Å². The SMILES string of the molecule is O=C(NCCCOC1CCCCC1)C1CCCN1. The second-order valence-electron chi connectivity index (χ2n) is 5.42. The first-order chi connectivity index (χ1) is 8.86. The molecule has 1 aliphatic heterocycles. The third-order valence-electron chi connectivity index (χ3n) is 3.90. The average Bonchev–Trinajstić information content (AvgIpc) is 2.93. The monoisotopic (exact) mass is 254 g/mol. The first-order valence-electron chi connectivity index (χ1n) is 7.49. The molecule has 2 rings (SSSR count). The number of hydrogen-bond donors (Lipinski definition) is 2. The smallest absolute Gasteiger partial charge is 0.237 e. The van der Waals surface area contributed by atoms with Gasteiger partial charge in [-0.3, -0.25) is 4.79 Å². The van der Waals surface area contributed by atoms with Gasteiger partial charge in [-0.2, -0.15) is 0 Å². The molecule has 1 amide bonds. The Morgan fingerprint density at radius 2 is 2.00 bits per heavy atom. The highest BCUT2D eigenvalue weighted by atomic mass is 16.5. The maximum absolute atomic E-state index is 11.7. The summed E-state index contributed by atoms with van der Waals surface area (Å²) in [4.78, 5) is 11.7. The van der Waals surface area contributed by atoms with Gasteiger partial charge >= 0.3 is 0 Å². The Hall–Kier alpha value is -0.610. The Kier molecular flexibility index (Phi) is 5.94. The van der Waals surface area contributed by atoms with Crippen molar-refractivity contribution < 1.29 is 9.53 Å². The fraction of sp³-hybridized carbons (Fsp3) is 0.929. The molecule has 2 fully saturated rings. The molecule has 1 atom stereocenters. The summed E-state index contributed by atoms with van der Waals surface area (Å²) in [6.07, 6.45) is 9.93. The lowest BCUT2D eigenvalue weighted by Crippen LogP contribution is -2.40. The molecule has 1 aliphatic carbocycles. The second-order valence-corrected chi connectivity index (χ2v) is 5.42. The van der Waals surface area contributed by atoms with Crippen molar-refractivity contribution in [3.05, 3.63) is 0 Å². The van der Waals surface area contributed by atoms with Gasteiger partial charge in [-0.15, -0.1) is 0 Å². The maximum atomic E-state index is 11.7. The highest BCUT2D eigenvalue weighted by Gasteiger charge is 2.21. The van der Waals surface area contributed by atoms with Crippen molar-refractivity contribution in [3.8, 4) is 0 Å². The molecule has 1 unspecified atom stereocenters. The minimum atomic E-state index is 0.0456. The summed E-state index contributed by atoms with van der Waals surface area (Å²) in [6, 6.07) is 0.0456. The highest BCUT2D eigenvalue weighted by molar-refractivity contribution is 5.81. The van der Waals surface area contributed by atoms with E-state index in [4.69, 9.17) is 4.74 Å². The van der Waals surface area contributed by atoms with Crippen LogP contribution >= 0.6 is 0 Å². The van der Waals surface area contributed by atoms with Crippen molar-refractivity contribution in [2.45, 2.75) is 63.5 Å². The summed E-state index contributed by atoms with van der Waals surface area (Å²) in [5.41, 5.74) is 0. The highest BCUT2D eigenvalue weighted by Crippen LogP contribution is 2.20. The zero-order valence-electron chi connectivity index (χ0n) is 11.2. The number of ether oxygens (including phenoxy) is 1. The van der Waals surface area contributed by atoms with Gasteiger partial charge in [0.15, 0.2) is 0 Å². The molecule has 0 aromatic carbocycles. The minimum absolute atomic E-state index is 0.0456. The molecular weight excluding hydrogens is 228 g/mol. The predicted octanol–water partition coefficient (Wildman–Crippen LogP) is 1.59. The van der Waals surface area contributed by atoms with Gasteiger partial charge in [0.05, 0.1) is 12.1 Å². The largest absolute Gasteiger partial charge is 0.378 e. The molecule has 18 heavy (non-hydrogen) atoms. The van der Waals surface area contributed by atoms with Crippen LogP contribution in [0.3, 0.4) is 0 Å². The van der Waals surface area contributed by atoms with E-state index >= 15 is 0 Å². The molecule has 0 spiro atoms. The number of rotatable bonds is 6. The zero-order valence-corrected chi connectivity index (χ0v) is 11.2. The Morgan fingerprint density at radius 1 is 1.17 bits per heavy atom. The number of nitrogens with one attached hydrogen (secondary N) is 2. The lowest BCUT2D eigenvalue weighted by atomic mass is 9.98. The molecule has 0 aromatic rings. The quantitative estimate of drug-likeness (QED) is 0.708. The van der Waals surface area contributed by atoms with E-state index in [2.05, 4.69) is 10.6 Å². The van der Waals surface area contributed by atoms with Crippen LogP contribution in [0.25, 0.3) is 0 Å². The van der Waals surface area contributed by atoms with Crippen LogP contribution in [0.1, 0.15) is 51.4 Å². The first-order valence-corrected chi connectivity index (χ1v) is 7.49. The van der Waals surface area contributed by atoms with E-state index < -0.39 is 0 Å². The standard InChI is InChI=1S/C14H26N2O2/c17-14(13-8-4-9-15-13)16-10-5-11-18-12-6-2-1-3-7-12/h12-13,15H,1-11H2,(H,16,17). The normalized spacial score (nSPS) is 25.2. The van der Waals surface area contributed by atoms with E-state index in [9.17, 15) is 4.79 Å². The third-order valence-corrected chi connectivity index (χ3v) is 3.90. The fourth-order valence-electron chi connectivity index (χ4n) is 2.80. The number of hydrogen-bond acceptors (Lipinski definition) is 3. The van der Waals surface area contributed by atoms with E-state index in [-0.39, 0.29) is 11.9 Å². The van der Waals surface area contributed by atoms with Gasteiger partial charge in [0.2, 0.25) is 5.91 Å². The lowest BCUT2D eigenvalue weighted by Gasteiger charge is -2.22. The summed E-state index contributed by atoms with van der Waals surface area (Å²) in [5, 5.41) is 6.19. The van der Waals surface area contributed by atoms with Crippen LogP contribution < -0.4 is 10.6 Å². The average molecular weight is 254 g/mol. The predicted molar refractivity (Wildman–Crippen MR) is 71.5 cm³/mol. The number of carbonyl (C=O) groups excluding carboxylic acids is 1. The molecule has 104 valence electrons. The number of carbonyl (C=O) groups is 1. The van der Waals surface area contributed by atoms with E-state index in [1.807, 2.05) is 0 Å². The number of amides is 1. The van der Waals surface area contributed by atoms with Gasteiger partial charge < -0.3 is 15.4 Å². The van der Waals surface area contributed by atoms with Gasteiger partial charge in [-0.25, -0.2) is 0 Å². The molecule has 2 aliphatic rings. The topological polar surface area (TPSA) is 50.4 Å². The Bertz CT molecular complexity index is 246. The molecule has 4 heteroatoms. The van der Waals surface area contributed by atoms with Crippen LogP contribution in [0.15, 0.2) is 0 Å². The third kappa shape index (κ3) is 4.58. The fourth-order valence-corrected chi connectivity index (χ4v) is 2.80. The molecule has 1 saturated heterocycles. The van der Waals surface area contributed by atoms with Gasteiger partial charge in [-0.05, 0) is 38.6 Å². The van der Waals surface area contributed by atoms with Crippen LogP contribution in [0.5, 0.6) is 0 Å². The Balaban J connectivity index is 1.46. The van der Waals surface area contributed by atoms with Gasteiger partial charge in [0.25, 0.3) is 0 Å². The first kappa shape index (κ1) is 13.8. The summed E-state index contributed by atoms with van der Waals surface area (Å²) < 4.78 is 5.82.